The number of esters is 1. The molecule has 0 heterocycles. The van der Waals surface area contributed by atoms with Gasteiger partial charge < -0.3 is 4.74 Å². The van der Waals surface area contributed by atoms with Crippen LogP contribution in [-0.2, 0) is 9.53 Å². The van der Waals surface area contributed by atoms with E-state index in [1.54, 1.807) is 11.8 Å². The highest BCUT2D eigenvalue weighted by Crippen LogP contribution is 2.15. The van der Waals surface area contributed by atoms with Gasteiger partial charge in [0.2, 0.25) is 0 Å². The van der Waals surface area contributed by atoms with Gasteiger partial charge in [-0.3, -0.25) is 4.79 Å². The monoisotopic (exact) mass is 201 g/mol. The van der Waals surface area contributed by atoms with Crippen molar-refractivity contribution in [3.63, 3.8) is 0 Å². The van der Waals surface area contributed by atoms with E-state index in [2.05, 4.69) is 10.8 Å². The second kappa shape index (κ2) is 7.93. The Hall–Kier alpha value is -0.690. The molecule has 0 fully saturated rings. The Morgan fingerprint density at radius 3 is 2.92 bits per heavy atom. The summed E-state index contributed by atoms with van der Waals surface area (Å²) < 4.78 is 4.54. The van der Waals surface area contributed by atoms with Gasteiger partial charge in [0.25, 0.3) is 0 Å². The first-order valence-electron chi connectivity index (χ1n) is 4.26. The SMILES string of the molecule is COC(=O)CC(C)SCCCC#N. The Morgan fingerprint density at radius 2 is 2.38 bits per heavy atom. The lowest BCUT2D eigenvalue weighted by atomic mass is 10.3. The van der Waals surface area contributed by atoms with Gasteiger partial charge in [-0.15, -0.1) is 0 Å². The van der Waals surface area contributed by atoms with Crippen LogP contribution in [0.5, 0.6) is 0 Å². The van der Waals surface area contributed by atoms with E-state index in [0.29, 0.717) is 12.8 Å². The molecule has 0 saturated heterocycles. The lowest BCUT2D eigenvalue weighted by Gasteiger charge is -2.08. The zero-order valence-electron chi connectivity index (χ0n) is 8.08. The second-order valence-corrected chi connectivity index (χ2v) is 4.27. The molecule has 0 radical (unpaired) electrons. The number of carbonyl (C=O) groups excluding carboxylic acids is 1. The molecule has 4 heteroatoms. The van der Waals surface area contributed by atoms with Crippen LogP contribution in [0.25, 0.3) is 0 Å². The molecule has 1 unspecified atom stereocenters. The van der Waals surface area contributed by atoms with Crippen LogP contribution in [0.2, 0.25) is 0 Å². The molecule has 0 aliphatic carbocycles. The van der Waals surface area contributed by atoms with Gasteiger partial charge in [-0.1, -0.05) is 6.92 Å². The van der Waals surface area contributed by atoms with Gasteiger partial charge in [-0.25, -0.2) is 0 Å². The number of hydrogen-bond acceptors (Lipinski definition) is 4. The zero-order valence-corrected chi connectivity index (χ0v) is 8.89. The first-order valence-corrected chi connectivity index (χ1v) is 5.31. The Balaban J connectivity index is 3.36. The Bertz CT molecular complexity index is 189. The summed E-state index contributed by atoms with van der Waals surface area (Å²) in [7, 11) is 1.40. The minimum atomic E-state index is -0.166. The molecule has 0 aromatic carbocycles. The molecular weight excluding hydrogens is 186 g/mol. The highest BCUT2D eigenvalue weighted by molar-refractivity contribution is 7.99. The standard InChI is InChI=1S/C9H15NO2S/c1-8(7-9(11)12-2)13-6-4-3-5-10/h8H,3-4,6-7H2,1-2H3. The molecule has 1 atom stereocenters. The molecule has 3 nitrogen and oxygen atoms in total. The number of hydrogen-bond donors (Lipinski definition) is 0. The van der Waals surface area contributed by atoms with Crippen molar-refractivity contribution in [3.8, 4) is 6.07 Å². The molecule has 0 aromatic rings. The molecule has 0 amide bonds. The normalized spacial score (nSPS) is 11.8. The van der Waals surface area contributed by atoms with Crippen LogP contribution in [0.3, 0.4) is 0 Å². The fourth-order valence-electron chi connectivity index (χ4n) is 0.813. The molecule has 0 aliphatic rings. The number of unbranched alkanes of at least 4 members (excludes halogenated alkanes) is 1. The van der Waals surface area contributed by atoms with E-state index >= 15 is 0 Å². The molecule has 0 saturated carbocycles. The summed E-state index contributed by atoms with van der Waals surface area (Å²) in [6, 6.07) is 2.09. The van der Waals surface area contributed by atoms with Crippen molar-refractivity contribution in [3.05, 3.63) is 0 Å². The first kappa shape index (κ1) is 12.3. The third-order valence-electron chi connectivity index (χ3n) is 1.52. The minimum absolute atomic E-state index is 0.166. The zero-order chi connectivity index (χ0) is 10.1. The largest absolute Gasteiger partial charge is 0.469 e. The summed E-state index contributed by atoms with van der Waals surface area (Å²) >= 11 is 1.71. The summed E-state index contributed by atoms with van der Waals surface area (Å²) in [5, 5.41) is 8.57. The quantitative estimate of drug-likeness (QED) is 0.487. The number of methoxy groups -OCH3 is 1. The predicted molar refractivity (Wildman–Crippen MR) is 53.4 cm³/mol. The number of rotatable bonds is 6. The Labute approximate surface area is 83.4 Å². The Morgan fingerprint density at radius 1 is 1.69 bits per heavy atom. The summed E-state index contributed by atoms with van der Waals surface area (Å²) in [6.07, 6.45) is 1.94. The Kier molecular flexibility index (Phi) is 7.51. The smallest absolute Gasteiger partial charge is 0.306 e. The lowest BCUT2D eigenvalue weighted by Crippen LogP contribution is -2.08. The molecule has 0 spiro atoms. The van der Waals surface area contributed by atoms with Gasteiger partial charge in [0, 0.05) is 11.7 Å². The number of nitriles is 1. The number of nitrogens with zero attached hydrogens (tertiary/aromatic N) is 1. The van der Waals surface area contributed by atoms with Gasteiger partial charge >= 0.3 is 5.97 Å². The van der Waals surface area contributed by atoms with E-state index in [9.17, 15) is 4.79 Å². The fourth-order valence-corrected chi connectivity index (χ4v) is 1.78. The molecular formula is C9H15NO2S. The molecule has 0 aromatic heterocycles. The van der Waals surface area contributed by atoms with E-state index in [4.69, 9.17) is 5.26 Å². The summed E-state index contributed by atoms with van der Waals surface area (Å²) in [5.74, 6) is 0.770. The predicted octanol–water partition coefficient (Wildman–Crippen LogP) is 1.97. The van der Waals surface area contributed by atoms with Gasteiger partial charge in [0.1, 0.15) is 0 Å². The van der Waals surface area contributed by atoms with E-state index in [1.165, 1.54) is 7.11 Å². The second-order valence-electron chi connectivity index (χ2n) is 2.72. The summed E-state index contributed by atoms with van der Waals surface area (Å²) in [6.45, 7) is 1.99. The minimum Gasteiger partial charge on any atom is -0.469 e. The molecule has 0 bridgehead atoms. The van der Waals surface area contributed by atoms with Crippen LogP contribution in [0.15, 0.2) is 0 Å². The maximum absolute atomic E-state index is 10.8. The van der Waals surface area contributed by atoms with E-state index in [1.807, 2.05) is 6.92 Å². The molecule has 13 heavy (non-hydrogen) atoms. The lowest BCUT2D eigenvalue weighted by molar-refractivity contribution is -0.140. The van der Waals surface area contributed by atoms with Gasteiger partial charge in [0.05, 0.1) is 19.6 Å². The molecule has 0 rings (SSSR count). The maximum Gasteiger partial charge on any atom is 0.306 e. The number of thioether (sulfide) groups is 1. The number of ether oxygens (including phenoxy) is 1. The third kappa shape index (κ3) is 7.66. The molecule has 0 aliphatic heterocycles. The average Bonchev–Trinajstić information content (AvgIpc) is 2.12. The van der Waals surface area contributed by atoms with Crippen LogP contribution in [0.4, 0.5) is 0 Å². The van der Waals surface area contributed by atoms with E-state index < -0.39 is 0 Å². The summed E-state index contributed by atoms with van der Waals surface area (Å²) in [5.41, 5.74) is 0. The topological polar surface area (TPSA) is 50.1 Å². The van der Waals surface area contributed by atoms with Crippen molar-refractivity contribution in [2.24, 2.45) is 0 Å². The molecule has 74 valence electrons. The fraction of sp³-hybridized carbons (Fsp3) is 0.778. The van der Waals surface area contributed by atoms with E-state index in [0.717, 1.165) is 12.2 Å². The molecule has 0 N–H and O–H groups in total. The van der Waals surface area contributed by atoms with Crippen LogP contribution in [0.1, 0.15) is 26.2 Å². The van der Waals surface area contributed by atoms with Crippen molar-refractivity contribution >= 4 is 17.7 Å². The van der Waals surface area contributed by atoms with Crippen LogP contribution < -0.4 is 0 Å². The van der Waals surface area contributed by atoms with Crippen molar-refractivity contribution in [1.82, 2.24) is 0 Å². The van der Waals surface area contributed by atoms with Crippen LogP contribution in [-0.4, -0.2) is 24.1 Å². The van der Waals surface area contributed by atoms with Crippen molar-refractivity contribution in [1.29, 1.82) is 5.26 Å². The van der Waals surface area contributed by atoms with Crippen LogP contribution >= 0.6 is 11.8 Å². The van der Waals surface area contributed by atoms with E-state index in [-0.39, 0.29) is 11.2 Å². The third-order valence-corrected chi connectivity index (χ3v) is 2.78. The number of carbonyl (C=O) groups is 1. The van der Waals surface area contributed by atoms with Crippen molar-refractivity contribution < 1.29 is 9.53 Å². The van der Waals surface area contributed by atoms with Crippen LogP contribution in [0, 0.1) is 11.3 Å². The summed E-state index contributed by atoms with van der Waals surface area (Å²) in [4.78, 5) is 10.8. The highest BCUT2D eigenvalue weighted by atomic mass is 32.2. The highest BCUT2D eigenvalue weighted by Gasteiger charge is 2.08. The maximum atomic E-state index is 10.8. The average molecular weight is 201 g/mol. The first-order chi connectivity index (χ1) is 6.20. The van der Waals surface area contributed by atoms with Gasteiger partial charge in [-0.2, -0.15) is 17.0 Å². The van der Waals surface area contributed by atoms with Crippen molar-refractivity contribution in [2.75, 3.05) is 12.9 Å². The van der Waals surface area contributed by atoms with Gasteiger partial charge in [-0.05, 0) is 12.2 Å². The van der Waals surface area contributed by atoms with Gasteiger partial charge in [0.15, 0.2) is 0 Å². The van der Waals surface area contributed by atoms with Crippen molar-refractivity contribution in [2.45, 2.75) is 31.4 Å².